The maximum absolute atomic E-state index is 11.6. The average molecular weight is 210 g/mol. The third-order valence-electron chi connectivity index (χ3n) is 2.30. The fraction of sp³-hybridized carbons (Fsp3) is 0.727. The molecule has 2 N–H and O–H groups in total. The van der Waals surface area contributed by atoms with E-state index in [1.165, 1.54) is 12.8 Å². The monoisotopic (exact) mass is 210 g/mol. The summed E-state index contributed by atoms with van der Waals surface area (Å²) in [5, 5.41) is 0. The Labute approximate surface area is 90.8 Å². The van der Waals surface area contributed by atoms with Crippen LogP contribution in [0, 0.1) is 18.3 Å². The molecule has 0 aromatic carbocycles. The molecule has 0 atom stereocenters. The predicted molar refractivity (Wildman–Crippen MR) is 58.0 cm³/mol. The molecule has 1 aliphatic carbocycles. The number of amides is 1. The van der Waals surface area contributed by atoms with E-state index < -0.39 is 0 Å². The third-order valence-corrected chi connectivity index (χ3v) is 2.30. The molecular formula is C11H18N2O2. The van der Waals surface area contributed by atoms with Crippen LogP contribution in [-0.4, -0.2) is 43.7 Å². The highest BCUT2D eigenvalue weighted by Gasteiger charge is 2.26. The molecule has 1 amide bonds. The SMILES string of the molecule is C#CCN(CC1CC1)C(=O)COCCN. The standard InChI is InChI=1S/C11H18N2O2/c1-2-6-13(8-10-3-4-10)11(14)9-15-7-5-12/h1,10H,3-9,12H2. The van der Waals surface area contributed by atoms with Gasteiger partial charge in [-0.2, -0.15) is 0 Å². The van der Waals surface area contributed by atoms with E-state index in [1.54, 1.807) is 4.90 Å². The van der Waals surface area contributed by atoms with Crippen LogP contribution < -0.4 is 5.73 Å². The van der Waals surface area contributed by atoms with Crippen LogP contribution in [0.2, 0.25) is 0 Å². The molecule has 1 saturated carbocycles. The number of hydrogen-bond donors (Lipinski definition) is 1. The minimum atomic E-state index is -0.0340. The Morgan fingerprint density at radius 1 is 1.60 bits per heavy atom. The molecule has 0 aromatic heterocycles. The van der Waals surface area contributed by atoms with E-state index in [2.05, 4.69) is 5.92 Å². The van der Waals surface area contributed by atoms with E-state index in [4.69, 9.17) is 16.9 Å². The lowest BCUT2D eigenvalue weighted by Gasteiger charge is -2.19. The first kappa shape index (κ1) is 12.0. The summed E-state index contributed by atoms with van der Waals surface area (Å²) in [5.74, 6) is 3.11. The second kappa shape index (κ2) is 6.44. The normalized spacial score (nSPS) is 14.7. The molecule has 0 aliphatic heterocycles. The summed E-state index contributed by atoms with van der Waals surface area (Å²) in [6, 6.07) is 0. The van der Waals surface area contributed by atoms with Gasteiger partial charge in [0.05, 0.1) is 13.2 Å². The topological polar surface area (TPSA) is 55.6 Å². The zero-order valence-corrected chi connectivity index (χ0v) is 8.95. The Balaban J connectivity index is 2.26. The smallest absolute Gasteiger partial charge is 0.249 e. The summed E-state index contributed by atoms with van der Waals surface area (Å²) in [4.78, 5) is 13.3. The molecule has 4 nitrogen and oxygen atoms in total. The van der Waals surface area contributed by atoms with E-state index in [0.29, 0.717) is 25.6 Å². The molecule has 0 spiro atoms. The van der Waals surface area contributed by atoms with Gasteiger partial charge < -0.3 is 15.4 Å². The number of terminal acetylenes is 1. The van der Waals surface area contributed by atoms with Crippen LogP contribution in [0.4, 0.5) is 0 Å². The lowest BCUT2D eigenvalue weighted by molar-refractivity contribution is -0.135. The quantitative estimate of drug-likeness (QED) is 0.469. The minimum Gasteiger partial charge on any atom is -0.370 e. The van der Waals surface area contributed by atoms with Crippen LogP contribution in [0.25, 0.3) is 0 Å². The third kappa shape index (κ3) is 4.82. The van der Waals surface area contributed by atoms with Crippen LogP contribution in [0.15, 0.2) is 0 Å². The number of carbonyl (C=O) groups excluding carboxylic acids is 1. The van der Waals surface area contributed by atoms with Crippen molar-refractivity contribution in [3.8, 4) is 12.3 Å². The summed E-state index contributed by atoms with van der Waals surface area (Å²) in [6.45, 7) is 2.09. The number of ether oxygens (including phenoxy) is 1. The van der Waals surface area contributed by atoms with Gasteiger partial charge in [0.15, 0.2) is 0 Å². The average Bonchev–Trinajstić information content (AvgIpc) is 3.01. The molecule has 0 heterocycles. The molecule has 1 rings (SSSR count). The summed E-state index contributed by atoms with van der Waals surface area (Å²) in [5.41, 5.74) is 5.26. The molecule has 0 unspecified atom stereocenters. The molecule has 0 radical (unpaired) electrons. The molecule has 0 aromatic rings. The van der Waals surface area contributed by atoms with Crippen LogP contribution in [0.1, 0.15) is 12.8 Å². The highest BCUT2D eigenvalue weighted by Crippen LogP contribution is 2.29. The number of hydrogen-bond acceptors (Lipinski definition) is 3. The molecule has 15 heavy (non-hydrogen) atoms. The molecule has 84 valence electrons. The fourth-order valence-electron chi connectivity index (χ4n) is 1.31. The Bertz CT molecular complexity index is 243. The molecule has 0 saturated heterocycles. The second-order valence-electron chi connectivity index (χ2n) is 3.76. The first-order chi connectivity index (χ1) is 7.27. The van der Waals surface area contributed by atoms with Gasteiger partial charge >= 0.3 is 0 Å². The van der Waals surface area contributed by atoms with E-state index in [-0.39, 0.29) is 12.5 Å². The van der Waals surface area contributed by atoms with E-state index in [9.17, 15) is 4.79 Å². The second-order valence-corrected chi connectivity index (χ2v) is 3.76. The summed E-state index contributed by atoms with van der Waals surface area (Å²) in [6.07, 6.45) is 7.63. The highest BCUT2D eigenvalue weighted by atomic mass is 16.5. The Morgan fingerprint density at radius 2 is 2.33 bits per heavy atom. The number of carbonyl (C=O) groups is 1. The lowest BCUT2D eigenvalue weighted by atomic mass is 10.3. The number of nitrogens with two attached hydrogens (primary N) is 1. The van der Waals surface area contributed by atoms with Crippen molar-refractivity contribution >= 4 is 5.91 Å². The van der Waals surface area contributed by atoms with Crippen molar-refractivity contribution in [3.63, 3.8) is 0 Å². The molecular weight excluding hydrogens is 192 g/mol. The summed E-state index contributed by atoms with van der Waals surface area (Å²) >= 11 is 0. The largest absolute Gasteiger partial charge is 0.370 e. The van der Waals surface area contributed by atoms with Crippen LogP contribution in [0.3, 0.4) is 0 Å². The highest BCUT2D eigenvalue weighted by molar-refractivity contribution is 5.77. The zero-order chi connectivity index (χ0) is 11.1. The Hall–Kier alpha value is -1.05. The van der Waals surface area contributed by atoms with Gasteiger partial charge in [-0.05, 0) is 18.8 Å². The maximum Gasteiger partial charge on any atom is 0.249 e. The van der Waals surface area contributed by atoms with Gasteiger partial charge in [0.1, 0.15) is 6.61 Å². The molecule has 0 bridgehead atoms. The maximum atomic E-state index is 11.6. The van der Waals surface area contributed by atoms with Gasteiger partial charge in [-0.15, -0.1) is 6.42 Å². The Kier molecular flexibility index (Phi) is 5.16. The van der Waals surface area contributed by atoms with E-state index in [0.717, 1.165) is 6.54 Å². The summed E-state index contributed by atoms with van der Waals surface area (Å²) in [7, 11) is 0. The molecule has 1 fully saturated rings. The van der Waals surface area contributed by atoms with Gasteiger partial charge in [-0.25, -0.2) is 0 Å². The van der Waals surface area contributed by atoms with Gasteiger partial charge in [0.25, 0.3) is 0 Å². The number of nitrogens with zero attached hydrogens (tertiary/aromatic N) is 1. The number of rotatable bonds is 7. The van der Waals surface area contributed by atoms with Crippen molar-refractivity contribution in [3.05, 3.63) is 0 Å². The first-order valence-electron chi connectivity index (χ1n) is 5.27. The molecule has 4 heteroatoms. The van der Waals surface area contributed by atoms with Gasteiger partial charge in [0, 0.05) is 13.1 Å². The predicted octanol–water partition coefficient (Wildman–Crippen LogP) is -0.166. The van der Waals surface area contributed by atoms with E-state index >= 15 is 0 Å². The van der Waals surface area contributed by atoms with Crippen LogP contribution in [0.5, 0.6) is 0 Å². The molecule has 1 aliphatic rings. The van der Waals surface area contributed by atoms with E-state index in [1.807, 2.05) is 0 Å². The first-order valence-corrected chi connectivity index (χ1v) is 5.27. The lowest BCUT2D eigenvalue weighted by Crippen LogP contribution is -2.36. The summed E-state index contributed by atoms with van der Waals surface area (Å²) < 4.78 is 5.09. The van der Waals surface area contributed by atoms with Gasteiger partial charge in [0.2, 0.25) is 5.91 Å². The Morgan fingerprint density at radius 3 is 2.87 bits per heavy atom. The fourth-order valence-corrected chi connectivity index (χ4v) is 1.31. The van der Waals surface area contributed by atoms with Crippen LogP contribution >= 0.6 is 0 Å². The van der Waals surface area contributed by atoms with Crippen molar-refractivity contribution in [2.24, 2.45) is 11.7 Å². The van der Waals surface area contributed by atoms with Crippen LogP contribution in [-0.2, 0) is 9.53 Å². The zero-order valence-electron chi connectivity index (χ0n) is 8.95. The van der Waals surface area contributed by atoms with Crippen molar-refractivity contribution in [1.29, 1.82) is 0 Å². The van der Waals surface area contributed by atoms with Crippen molar-refractivity contribution in [2.45, 2.75) is 12.8 Å². The van der Waals surface area contributed by atoms with Gasteiger partial charge in [-0.1, -0.05) is 5.92 Å². The van der Waals surface area contributed by atoms with Crippen molar-refractivity contribution < 1.29 is 9.53 Å². The van der Waals surface area contributed by atoms with Crippen molar-refractivity contribution in [1.82, 2.24) is 4.90 Å². The minimum absolute atomic E-state index is 0.0340. The van der Waals surface area contributed by atoms with Gasteiger partial charge in [-0.3, -0.25) is 4.79 Å². The van der Waals surface area contributed by atoms with Crippen molar-refractivity contribution in [2.75, 3.05) is 32.8 Å².